The van der Waals surface area contributed by atoms with Crippen LogP contribution < -0.4 is 0 Å². The molecule has 72 valence electrons. The van der Waals surface area contributed by atoms with Crippen molar-refractivity contribution in [2.24, 2.45) is 0 Å². The molecule has 0 radical (unpaired) electrons. The number of hydrogen-bond donors (Lipinski definition) is 0. The molecule has 0 rings (SSSR count). The number of hydrogen-bond acceptors (Lipinski definition) is 3. The molecule has 12 N–H and O–H groups in total. The molecule has 0 aliphatic carbocycles. The van der Waals surface area contributed by atoms with Crippen LogP contribution in [0.1, 0.15) is 0 Å². The summed E-state index contributed by atoms with van der Waals surface area (Å²) in [7, 11) is 0. The van der Waals surface area contributed by atoms with Crippen LogP contribution >= 0.6 is 0 Å². The fourth-order valence-corrected chi connectivity index (χ4v) is 0.794. The summed E-state index contributed by atoms with van der Waals surface area (Å²) in [6, 6.07) is 0. The van der Waals surface area contributed by atoms with E-state index in [4.69, 9.17) is 0 Å². The first-order valence-corrected chi connectivity index (χ1v) is 5.58. The van der Waals surface area contributed by atoms with Crippen LogP contribution in [0.5, 0.6) is 0 Å². The van der Waals surface area contributed by atoms with Crippen LogP contribution in [0.15, 0.2) is 0 Å². The molecule has 0 aromatic heterocycles. The Morgan fingerprint density at radius 2 is 0.818 bits per heavy atom. The van der Waals surface area contributed by atoms with E-state index in [9.17, 15) is 4.09 Å². The summed E-state index contributed by atoms with van der Waals surface area (Å²) in [5.41, 5.74) is 0. The monoisotopic (exact) mass is 334 g/mol. The first-order valence-electron chi connectivity index (χ1n) is 0.943. The Labute approximate surface area is 94.6 Å². The Morgan fingerprint density at radius 3 is 0.818 bits per heavy atom. The van der Waals surface area contributed by atoms with E-state index in [1.165, 1.54) is 0 Å². The zero-order valence-electron chi connectivity index (χ0n) is 5.38. The van der Waals surface area contributed by atoms with E-state index in [0.717, 1.165) is 0 Å². The molecule has 0 saturated carbocycles. The summed E-state index contributed by atoms with van der Waals surface area (Å²) in [5.74, 6) is 0. The van der Waals surface area contributed by atoms with Crippen LogP contribution in [0.2, 0.25) is 0 Å². The Bertz CT molecular complexity index is 36.8. The maximum atomic E-state index is 9.35. The molecule has 11 heteroatoms. The van der Waals surface area contributed by atoms with Gasteiger partial charge in [0.2, 0.25) is 0 Å². The standard InChI is InChI=1S/6H2O.3O.2Y/h6*1H2;;;;;. The van der Waals surface area contributed by atoms with Gasteiger partial charge in [-0.3, -0.25) is 0 Å². The van der Waals surface area contributed by atoms with Gasteiger partial charge in [0.1, 0.15) is 0 Å². The molecule has 0 aliphatic heterocycles. The topological polar surface area (TPSA) is 232 Å². The van der Waals surface area contributed by atoms with E-state index < -0.39 is 59.5 Å². The first-order chi connectivity index (χ1) is 2.41. The van der Waals surface area contributed by atoms with Gasteiger partial charge in [0, 0.05) is 0 Å². The molecule has 0 atom stereocenters. The minimum absolute atomic E-state index is 0. The van der Waals surface area contributed by atoms with Crippen molar-refractivity contribution in [1.29, 1.82) is 0 Å². The third-order valence-electron chi connectivity index (χ3n) is 0.111. The Kier molecular flexibility index (Phi) is 309. The first kappa shape index (κ1) is 54.5. The number of rotatable bonds is 2. The summed E-state index contributed by atoms with van der Waals surface area (Å²) >= 11 is -3.81. The molecule has 0 amide bonds. The van der Waals surface area contributed by atoms with Crippen LogP contribution in [-0.4, -0.2) is 32.9 Å². The zero-order chi connectivity index (χ0) is 4.12. The van der Waals surface area contributed by atoms with Crippen molar-refractivity contribution < 1.29 is 95.8 Å². The van der Waals surface area contributed by atoms with Crippen LogP contribution in [0, 0.1) is 0 Å². The molecule has 0 aliphatic rings. The molecular weight excluding hydrogens is 322 g/mol. The maximum absolute atomic E-state index is 9.35. The molecule has 0 aromatic rings. The van der Waals surface area contributed by atoms with E-state index in [1.54, 1.807) is 0 Å². The van der Waals surface area contributed by atoms with Crippen molar-refractivity contribution in [3.8, 4) is 0 Å². The van der Waals surface area contributed by atoms with Gasteiger partial charge in [0.15, 0.2) is 0 Å². The summed E-state index contributed by atoms with van der Waals surface area (Å²) in [4.78, 5) is 0. The van der Waals surface area contributed by atoms with Gasteiger partial charge in [0.05, 0.1) is 0 Å². The predicted octanol–water partition coefficient (Wildman–Crippen LogP) is -5.26. The van der Waals surface area contributed by atoms with Crippen molar-refractivity contribution >= 4 is 0 Å². The normalized spacial score (nSPS) is 2.18. The second kappa shape index (κ2) is 62.3. The van der Waals surface area contributed by atoms with E-state index in [-0.39, 0.29) is 32.9 Å². The fourth-order valence-electron chi connectivity index (χ4n) is 0.0227. The molecule has 0 spiro atoms. The fraction of sp³-hybridized carbons (Fsp3) is 0. The average Bonchev–Trinajstić information content (AvgIpc) is 1.41. The molecule has 11 heavy (non-hydrogen) atoms. The van der Waals surface area contributed by atoms with Crippen LogP contribution in [0.25, 0.3) is 0 Å². The Hall–Kier alpha value is 1.53. The van der Waals surface area contributed by atoms with Crippen molar-refractivity contribution in [3.63, 3.8) is 0 Å². The molecule has 0 saturated heterocycles. The second-order valence-corrected chi connectivity index (χ2v) is 5.90. The van der Waals surface area contributed by atoms with Crippen LogP contribution in [0.3, 0.4) is 0 Å². The molecule has 9 nitrogen and oxygen atoms in total. The molecule has 0 unspecified atom stereocenters. The van der Waals surface area contributed by atoms with E-state index >= 15 is 0 Å². The molecule has 0 heterocycles. The van der Waals surface area contributed by atoms with Gasteiger partial charge >= 0.3 is 63.0 Å². The van der Waals surface area contributed by atoms with Gasteiger partial charge in [-0.1, -0.05) is 0 Å². The summed E-state index contributed by atoms with van der Waals surface area (Å²) in [6.07, 6.45) is 0. The van der Waals surface area contributed by atoms with Crippen molar-refractivity contribution in [3.05, 3.63) is 0 Å². The van der Waals surface area contributed by atoms with Crippen LogP contribution in [-0.2, 0) is 63.0 Å². The van der Waals surface area contributed by atoms with Gasteiger partial charge in [-0.25, -0.2) is 0 Å². The summed E-state index contributed by atoms with van der Waals surface area (Å²) < 4.78 is 22.8. The summed E-state index contributed by atoms with van der Waals surface area (Å²) in [5, 5.41) is 0. The molecule has 0 bridgehead atoms. The SMILES string of the molecule is O.O.O.O.O.O.[O]=[Y][O][Y]=[O]. The van der Waals surface area contributed by atoms with Gasteiger partial charge in [0.25, 0.3) is 0 Å². The predicted molar refractivity (Wildman–Crippen MR) is 24.1 cm³/mol. The van der Waals surface area contributed by atoms with Crippen molar-refractivity contribution in [2.75, 3.05) is 0 Å². The van der Waals surface area contributed by atoms with E-state index in [0.29, 0.717) is 0 Å². The molecule has 0 aromatic carbocycles. The van der Waals surface area contributed by atoms with E-state index in [1.807, 2.05) is 0 Å². The minimum atomic E-state index is -1.91. The third kappa shape index (κ3) is 84.1. The molecule has 0 fully saturated rings. The van der Waals surface area contributed by atoms with Crippen LogP contribution in [0.4, 0.5) is 0 Å². The Morgan fingerprint density at radius 1 is 0.636 bits per heavy atom. The second-order valence-electron chi connectivity index (χ2n) is 0.329. The van der Waals surface area contributed by atoms with Crippen molar-refractivity contribution in [1.82, 2.24) is 0 Å². The Balaban J connectivity index is -0.00000000533. The molecular formula is H12O9Y2. The third-order valence-corrected chi connectivity index (χ3v) is 3.89. The van der Waals surface area contributed by atoms with Gasteiger partial charge in [-0.2, -0.15) is 0 Å². The quantitative estimate of drug-likeness (QED) is 0.481. The summed E-state index contributed by atoms with van der Waals surface area (Å²) in [6.45, 7) is 0. The van der Waals surface area contributed by atoms with Gasteiger partial charge < -0.3 is 32.9 Å². The average molecular weight is 334 g/mol. The van der Waals surface area contributed by atoms with Gasteiger partial charge in [-0.05, 0) is 0 Å². The zero-order valence-corrected chi connectivity index (χ0v) is 11.1. The van der Waals surface area contributed by atoms with Gasteiger partial charge in [-0.15, -0.1) is 0 Å². The van der Waals surface area contributed by atoms with Crippen molar-refractivity contribution in [2.45, 2.75) is 0 Å². The van der Waals surface area contributed by atoms with E-state index in [2.05, 4.69) is -0.634 Å².